The predicted molar refractivity (Wildman–Crippen MR) is 77.5 cm³/mol. The van der Waals surface area contributed by atoms with Gasteiger partial charge in [-0.3, -0.25) is 0 Å². The Morgan fingerprint density at radius 3 is 2.67 bits per heavy atom. The summed E-state index contributed by atoms with van der Waals surface area (Å²) in [6.45, 7) is 12.7. The van der Waals surface area contributed by atoms with Crippen LogP contribution in [0.5, 0.6) is 0 Å². The van der Waals surface area contributed by atoms with Gasteiger partial charge in [-0.2, -0.15) is 0 Å². The molecule has 0 fully saturated rings. The summed E-state index contributed by atoms with van der Waals surface area (Å²) >= 11 is 0. The average Bonchev–Trinajstić information content (AvgIpc) is 2.55. The number of nitrogens with zero attached hydrogens (tertiary/aromatic N) is 1. The molecule has 1 aliphatic rings. The van der Waals surface area contributed by atoms with Crippen molar-refractivity contribution in [3.63, 3.8) is 0 Å². The Bertz CT molecular complexity index is 421. The van der Waals surface area contributed by atoms with Gasteiger partial charge in [-0.15, -0.1) is 0 Å². The van der Waals surface area contributed by atoms with E-state index < -0.39 is 0 Å². The quantitative estimate of drug-likeness (QED) is 0.845. The Balaban J connectivity index is 2.20. The Morgan fingerprint density at radius 1 is 1.39 bits per heavy atom. The van der Waals surface area contributed by atoms with Gasteiger partial charge in [0.15, 0.2) is 0 Å². The van der Waals surface area contributed by atoms with Crippen LogP contribution in [0, 0.1) is 10.8 Å². The van der Waals surface area contributed by atoms with E-state index in [2.05, 4.69) is 51.4 Å². The molecule has 2 heteroatoms. The third-order valence-corrected chi connectivity index (χ3v) is 4.03. The number of fused-ring (bicyclic) bond motifs is 1. The maximum Gasteiger partial charge on any atom is 0.0318 e. The minimum atomic E-state index is 0.222. The molecule has 0 saturated carbocycles. The van der Waals surface area contributed by atoms with Gasteiger partial charge in [0.2, 0.25) is 0 Å². The van der Waals surface area contributed by atoms with Crippen LogP contribution in [0.15, 0.2) is 12.3 Å². The van der Waals surface area contributed by atoms with E-state index in [1.54, 1.807) is 0 Å². The van der Waals surface area contributed by atoms with Crippen LogP contribution in [0.2, 0.25) is 0 Å². The molecule has 0 saturated heterocycles. The maximum absolute atomic E-state index is 6.30. The van der Waals surface area contributed by atoms with E-state index in [0.29, 0.717) is 10.8 Å². The van der Waals surface area contributed by atoms with Gasteiger partial charge in [0.1, 0.15) is 0 Å². The van der Waals surface area contributed by atoms with Crippen LogP contribution in [0.25, 0.3) is 0 Å². The summed E-state index contributed by atoms with van der Waals surface area (Å²) in [7, 11) is 0. The van der Waals surface area contributed by atoms with E-state index in [0.717, 1.165) is 19.4 Å². The van der Waals surface area contributed by atoms with Gasteiger partial charge in [-0.25, -0.2) is 0 Å². The lowest BCUT2D eigenvalue weighted by Crippen LogP contribution is -2.30. The van der Waals surface area contributed by atoms with Gasteiger partial charge in [0, 0.05) is 24.5 Å². The molecule has 102 valence electrons. The fourth-order valence-corrected chi connectivity index (χ4v) is 2.96. The summed E-state index contributed by atoms with van der Waals surface area (Å²) in [6, 6.07) is 2.46. The Hall–Kier alpha value is -0.760. The number of hydrogen-bond acceptors (Lipinski definition) is 1. The fraction of sp³-hybridized carbons (Fsp3) is 0.750. The molecule has 1 unspecified atom stereocenters. The molecule has 1 aliphatic carbocycles. The number of rotatable bonds is 2. The van der Waals surface area contributed by atoms with Crippen molar-refractivity contribution in [3.8, 4) is 0 Å². The van der Waals surface area contributed by atoms with Crippen LogP contribution in [0.3, 0.4) is 0 Å². The highest BCUT2D eigenvalue weighted by Crippen LogP contribution is 2.40. The molecular formula is C16H28N2. The smallest absolute Gasteiger partial charge is 0.0318 e. The molecular weight excluding hydrogens is 220 g/mol. The van der Waals surface area contributed by atoms with Crippen LogP contribution in [-0.2, 0) is 13.0 Å². The van der Waals surface area contributed by atoms with Crippen molar-refractivity contribution in [2.24, 2.45) is 16.6 Å². The molecule has 0 radical (unpaired) electrons. The molecule has 2 rings (SSSR count). The lowest BCUT2D eigenvalue weighted by Gasteiger charge is -2.34. The molecule has 0 aliphatic heterocycles. The first-order chi connectivity index (χ1) is 8.18. The predicted octanol–water partition coefficient (Wildman–Crippen LogP) is 3.90. The Labute approximate surface area is 112 Å². The summed E-state index contributed by atoms with van der Waals surface area (Å²) in [5.41, 5.74) is 9.89. The zero-order chi connectivity index (χ0) is 13.6. The fourth-order valence-electron chi connectivity index (χ4n) is 2.96. The second kappa shape index (κ2) is 4.41. The molecule has 1 aromatic heterocycles. The Morgan fingerprint density at radius 2 is 2.06 bits per heavy atom. The molecule has 0 aromatic carbocycles. The standard InChI is InChI=1S/C16H28N2/c1-15(2,3)7-9-18-8-6-12-13(17)10-16(4,5)11-14(12)18/h6,8,13H,7,9-11,17H2,1-5H3. The van der Waals surface area contributed by atoms with E-state index in [1.165, 1.54) is 17.7 Å². The highest BCUT2D eigenvalue weighted by Gasteiger charge is 2.32. The van der Waals surface area contributed by atoms with E-state index in [1.807, 2.05) is 0 Å². The van der Waals surface area contributed by atoms with E-state index in [-0.39, 0.29) is 6.04 Å². The highest BCUT2D eigenvalue weighted by atomic mass is 15.0. The van der Waals surface area contributed by atoms with Crippen LogP contribution in [-0.4, -0.2) is 4.57 Å². The zero-order valence-electron chi connectivity index (χ0n) is 12.6. The molecule has 18 heavy (non-hydrogen) atoms. The molecule has 2 N–H and O–H groups in total. The van der Waals surface area contributed by atoms with Crippen molar-refractivity contribution >= 4 is 0 Å². The van der Waals surface area contributed by atoms with Crippen molar-refractivity contribution in [2.75, 3.05) is 0 Å². The summed E-state index contributed by atoms with van der Waals surface area (Å²) in [4.78, 5) is 0. The first kappa shape index (κ1) is 13.7. The molecule has 2 nitrogen and oxygen atoms in total. The number of nitrogens with two attached hydrogens (primary N) is 1. The molecule has 1 heterocycles. The zero-order valence-corrected chi connectivity index (χ0v) is 12.6. The topological polar surface area (TPSA) is 30.9 Å². The van der Waals surface area contributed by atoms with Gasteiger partial charge in [0.25, 0.3) is 0 Å². The van der Waals surface area contributed by atoms with E-state index in [9.17, 15) is 0 Å². The minimum Gasteiger partial charge on any atom is -0.351 e. The second-order valence-electron chi connectivity index (χ2n) is 7.87. The second-order valence-corrected chi connectivity index (χ2v) is 7.87. The largest absolute Gasteiger partial charge is 0.351 e. The number of hydrogen-bond donors (Lipinski definition) is 1. The van der Waals surface area contributed by atoms with Crippen molar-refractivity contribution < 1.29 is 0 Å². The lowest BCUT2D eigenvalue weighted by atomic mass is 9.74. The summed E-state index contributed by atoms with van der Waals surface area (Å²) in [5.74, 6) is 0. The van der Waals surface area contributed by atoms with E-state index >= 15 is 0 Å². The third kappa shape index (κ3) is 2.97. The highest BCUT2D eigenvalue weighted by molar-refractivity contribution is 5.30. The van der Waals surface area contributed by atoms with Gasteiger partial charge in [-0.05, 0) is 41.7 Å². The SMILES string of the molecule is CC(C)(C)CCn1ccc2c1CC(C)(C)CC2N. The van der Waals surface area contributed by atoms with Crippen LogP contribution in [0.4, 0.5) is 0 Å². The monoisotopic (exact) mass is 248 g/mol. The average molecular weight is 248 g/mol. The lowest BCUT2D eigenvalue weighted by molar-refractivity contribution is 0.271. The van der Waals surface area contributed by atoms with Crippen LogP contribution < -0.4 is 5.73 Å². The molecule has 0 amide bonds. The van der Waals surface area contributed by atoms with Crippen LogP contribution in [0.1, 0.15) is 64.8 Å². The first-order valence-electron chi connectivity index (χ1n) is 7.11. The Kier molecular flexibility index (Phi) is 3.35. The van der Waals surface area contributed by atoms with Gasteiger partial charge < -0.3 is 10.3 Å². The molecule has 1 atom stereocenters. The maximum atomic E-state index is 6.30. The number of aryl methyl sites for hydroxylation is 1. The third-order valence-electron chi connectivity index (χ3n) is 4.03. The number of aromatic nitrogens is 1. The molecule has 0 bridgehead atoms. The molecule has 1 aromatic rings. The van der Waals surface area contributed by atoms with Gasteiger partial charge in [0.05, 0.1) is 0 Å². The first-order valence-corrected chi connectivity index (χ1v) is 7.11. The van der Waals surface area contributed by atoms with Crippen molar-refractivity contribution in [1.82, 2.24) is 4.57 Å². The normalized spacial score (nSPS) is 22.9. The van der Waals surface area contributed by atoms with Crippen molar-refractivity contribution in [2.45, 2.75) is 66.5 Å². The van der Waals surface area contributed by atoms with Crippen molar-refractivity contribution in [1.29, 1.82) is 0 Å². The summed E-state index contributed by atoms with van der Waals surface area (Å²) in [5, 5.41) is 0. The molecule has 0 spiro atoms. The van der Waals surface area contributed by atoms with E-state index in [4.69, 9.17) is 5.73 Å². The summed E-state index contributed by atoms with van der Waals surface area (Å²) < 4.78 is 2.43. The van der Waals surface area contributed by atoms with Gasteiger partial charge in [-0.1, -0.05) is 34.6 Å². The van der Waals surface area contributed by atoms with Crippen molar-refractivity contribution in [3.05, 3.63) is 23.5 Å². The van der Waals surface area contributed by atoms with Crippen LogP contribution >= 0.6 is 0 Å². The minimum absolute atomic E-state index is 0.222. The van der Waals surface area contributed by atoms with Gasteiger partial charge >= 0.3 is 0 Å². The summed E-state index contributed by atoms with van der Waals surface area (Å²) in [6.07, 6.45) is 5.71.